The number of methoxy groups -OCH3 is 1. The summed E-state index contributed by atoms with van der Waals surface area (Å²) in [5, 5.41) is 8.23. The van der Waals surface area contributed by atoms with Crippen LogP contribution in [0.15, 0.2) is 24.3 Å². The van der Waals surface area contributed by atoms with Crippen molar-refractivity contribution < 1.29 is 23.2 Å². The predicted molar refractivity (Wildman–Crippen MR) is 128 cm³/mol. The van der Waals surface area contributed by atoms with Crippen molar-refractivity contribution in [2.24, 2.45) is 5.92 Å². The number of sulfonamides is 1. The van der Waals surface area contributed by atoms with Crippen LogP contribution in [0, 0.1) is 5.92 Å². The molecule has 9 nitrogen and oxygen atoms in total. The minimum Gasteiger partial charge on any atom is -0.383 e. The van der Waals surface area contributed by atoms with E-state index in [1.807, 2.05) is 4.90 Å². The lowest BCUT2D eigenvalue weighted by molar-refractivity contribution is -0.135. The Balaban J connectivity index is 1.65. The molecular formula is C23H38N4O5S. The van der Waals surface area contributed by atoms with Crippen molar-refractivity contribution in [1.82, 2.24) is 14.7 Å². The van der Waals surface area contributed by atoms with Gasteiger partial charge in [-0.3, -0.25) is 14.9 Å². The third kappa shape index (κ3) is 6.45. The molecular weight excluding hydrogens is 444 g/mol. The van der Waals surface area contributed by atoms with Crippen LogP contribution in [0.25, 0.3) is 0 Å². The molecule has 0 aromatic heterocycles. The van der Waals surface area contributed by atoms with Crippen LogP contribution in [0.5, 0.6) is 0 Å². The summed E-state index contributed by atoms with van der Waals surface area (Å²) in [6, 6.07) is 8.58. The Kier molecular flexibility index (Phi) is 9.51. The highest BCUT2D eigenvalue weighted by molar-refractivity contribution is 7.89. The van der Waals surface area contributed by atoms with Gasteiger partial charge in [0.05, 0.1) is 6.61 Å². The number of likely N-dealkylation sites (tertiary alicyclic amines) is 1. The van der Waals surface area contributed by atoms with Crippen LogP contribution in [0.2, 0.25) is 0 Å². The molecule has 33 heavy (non-hydrogen) atoms. The molecule has 1 amide bonds. The fourth-order valence-corrected chi connectivity index (χ4v) is 6.79. The van der Waals surface area contributed by atoms with E-state index in [9.17, 15) is 13.2 Å². The van der Waals surface area contributed by atoms with Gasteiger partial charge in [-0.05, 0) is 43.4 Å². The number of nitrogens with one attached hydrogen (secondary N) is 1. The lowest BCUT2D eigenvalue weighted by Crippen LogP contribution is -2.57. The van der Waals surface area contributed by atoms with Gasteiger partial charge >= 0.3 is 0 Å². The van der Waals surface area contributed by atoms with E-state index in [-0.39, 0.29) is 6.42 Å². The van der Waals surface area contributed by atoms with Crippen LogP contribution in [-0.4, -0.2) is 87.1 Å². The van der Waals surface area contributed by atoms with E-state index in [0.29, 0.717) is 52.3 Å². The van der Waals surface area contributed by atoms with E-state index in [0.717, 1.165) is 12.1 Å². The monoisotopic (exact) mass is 482 g/mol. The van der Waals surface area contributed by atoms with Gasteiger partial charge in [-0.1, -0.05) is 25.5 Å². The number of unbranched alkanes of at least 4 members (excludes halogenated alkanes) is 1. The first-order valence-corrected chi connectivity index (χ1v) is 13.4. The number of nitrogens with zero attached hydrogens (tertiary/aromatic N) is 3. The fraction of sp³-hybridized carbons (Fsp3) is 0.696. The molecule has 2 N–H and O–H groups in total. The summed E-state index contributed by atoms with van der Waals surface area (Å²) in [5.41, 5.74) is 4.13. The highest BCUT2D eigenvalue weighted by Gasteiger charge is 2.43. The number of rotatable bonds is 10. The lowest BCUT2D eigenvalue weighted by Gasteiger charge is -2.42. The average Bonchev–Trinajstić information content (AvgIpc) is 2.86. The van der Waals surface area contributed by atoms with Crippen LogP contribution in [-0.2, 0) is 26.0 Å². The summed E-state index contributed by atoms with van der Waals surface area (Å²) in [4.78, 5) is 16.1. The fourth-order valence-electron chi connectivity index (χ4n) is 4.71. The maximum atomic E-state index is 13.6. The SMILES string of the molecule is CCCCc1ccc(N2CCN(S(=O)(=O)C3CC(C(=O)NO)CCN3CCOC)CC2)cc1. The third-order valence-corrected chi connectivity index (χ3v) is 9.05. The molecule has 1 aromatic rings. The van der Waals surface area contributed by atoms with Gasteiger partial charge in [-0.25, -0.2) is 13.9 Å². The van der Waals surface area contributed by atoms with Gasteiger partial charge in [0.1, 0.15) is 5.37 Å². The first-order valence-electron chi connectivity index (χ1n) is 11.9. The molecule has 2 aliphatic heterocycles. The average molecular weight is 483 g/mol. The number of benzene rings is 1. The van der Waals surface area contributed by atoms with Crippen LogP contribution in [0.4, 0.5) is 5.69 Å². The van der Waals surface area contributed by atoms with Gasteiger partial charge < -0.3 is 9.64 Å². The zero-order valence-corrected chi connectivity index (χ0v) is 20.6. The summed E-state index contributed by atoms with van der Waals surface area (Å²) in [6.07, 6.45) is 4.11. The number of ether oxygens (including phenoxy) is 1. The van der Waals surface area contributed by atoms with Crippen molar-refractivity contribution >= 4 is 21.6 Å². The minimum atomic E-state index is -3.65. The minimum absolute atomic E-state index is 0.165. The molecule has 3 rings (SSSR count). The Morgan fingerprint density at radius 1 is 1.15 bits per heavy atom. The van der Waals surface area contributed by atoms with Gasteiger partial charge in [0.2, 0.25) is 15.9 Å². The van der Waals surface area contributed by atoms with Crippen LogP contribution < -0.4 is 10.4 Å². The maximum absolute atomic E-state index is 13.6. The van der Waals surface area contributed by atoms with Crippen molar-refractivity contribution in [3.63, 3.8) is 0 Å². The van der Waals surface area contributed by atoms with E-state index in [2.05, 4.69) is 36.1 Å². The number of anilines is 1. The van der Waals surface area contributed by atoms with Gasteiger partial charge in [-0.15, -0.1) is 0 Å². The number of carbonyl (C=O) groups is 1. The van der Waals surface area contributed by atoms with Crippen LogP contribution in [0.3, 0.4) is 0 Å². The summed E-state index contributed by atoms with van der Waals surface area (Å²) in [6.45, 7) is 5.63. The molecule has 2 saturated heterocycles. The Morgan fingerprint density at radius 3 is 2.45 bits per heavy atom. The van der Waals surface area contributed by atoms with E-state index in [4.69, 9.17) is 9.94 Å². The van der Waals surface area contributed by atoms with Crippen molar-refractivity contribution in [2.45, 2.75) is 44.4 Å². The number of hydrogen-bond donors (Lipinski definition) is 2. The summed E-state index contributed by atoms with van der Waals surface area (Å²) in [5.74, 6) is -1.05. The van der Waals surface area contributed by atoms with Gasteiger partial charge in [0, 0.05) is 58.0 Å². The molecule has 0 aliphatic carbocycles. The topological polar surface area (TPSA) is 102 Å². The molecule has 1 aromatic carbocycles. The van der Waals surface area contributed by atoms with Gasteiger partial charge in [0.25, 0.3) is 0 Å². The zero-order valence-electron chi connectivity index (χ0n) is 19.8. The molecule has 2 heterocycles. The second-order valence-electron chi connectivity index (χ2n) is 8.88. The molecule has 0 radical (unpaired) electrons. The van der Waals surface area contributed by atoms with Crippen LogP contribution in [0.1, 0.15) is 38.2 Å². The molecule has 2 atom stereocenters. The number of aryl methyl sites for hydroxylation is 1. The zero-order chi connectivity index (χ0) is 23.8. The molecule has 2 aliphatic rings. The summed E-state index contributed by atoms with van der Waals surface area (Å²) >= 11 is 0. The number of carbonyl (C=O) groups excluding carboxylic acids is 1. The summed E-state index contributed by atoms with van der Waals surface area (Å²) in [7, 11) is -2.06. The number of hydroxylamine groups is 1. The Hall–Kier alpha value is -1.72. The van der Waals surface area contributed by atoms with E-state index in [1.54, 1.807) is 16.9 Å². The molecule has 0 bridgehead atoms. The number of piperidine rings is 1. The third-order valence-electron chi connectivity index (χ3n) is 6.78. The van der Waals surface area contributed by atoms with E-state index in [1.165, 1.54) is 18.4 Å². The smallest absolute Gasteiger partial charge is 0.246 e. The molecule has 2 fully saturated rings. The van der Waals surface area contributed by atoms with E-state index < -0.39 is 27.2 Å². The van der Waals surface area contributed by atoms with E-state index >= 15 is 0 Å². The molecule has 0 spiro atoms. The normalized spacial score (nSPS) is 22.9. The van der Waals surface area contributed by atoms with Gasteiger partial charge in [0.15, 0.2) is 0 Å². The standard InChI is InChI=1S/C23H38N4O5S/c1-3-4-5-19-6-8-21(9-7-19)25-12-14-27(15-13-25)33(30,31)22-18-20(23(28)24-29)10-11-26(22)16-17-32-2/h6-9,20,22,29H,3-5,10-18H2,1-2H3,(H,24,28). The largest absolute Gasteiger partial charge is 0.383 e. The molecule has 2 unspecified atom stereocenters. The predicted octanol–water partition coefficient (Wildman–Crippen LogP) is 1.67. The molecule has 10 heteroatoms. The Bertz CT molecular complexity index is 856. The highest BCUT2D eigenvalue weighted by atomic mass is 32.2. The number of amides is 1. The molecule has 186 valence electrons. The number of hydrogen-bond acceptors (Lipinski definition) is 7. The second-order valence-corrected chi connectivity index (χ2v) is 11.0. The van der Waals surface area contributed by atoms with Crippen LogP contribution >= 0.6 is 0 Å². The molecule has 0 saturated carbocycles. The number of piperazine rings is 1. The second kappa shape index (κ2) is 12.1. The van der Waals surface area contributed by atoms with Crippen molar-refractivity contribution in [2.75, 3.05) is 57.9 Å². The van der Waals surface area contributed by atoms with Crippen molar-refractivity contribution in [3.8, 4) is 0 Å². The van der Waals surface area contributed by atoms with Gasteiger partial charge in [-0.2, -0.15) is 4.31 Å². The maximum Gasteiger partial charge on any atom is 0.246 e. The summed E-state index contributed by atoms with van der Waals surface area (Å²) < 4.78 is 33.9. The lowest BCUT2D eigenvalue weighted by atomic mass is 9.96. The first-order chi connectivity index (χ1) is 15.9. The van der Waals surface area contributed by atoms with Crippen molar-refractivity contribution in [1.29, 1.82) is 0 Å². The quantitative estimate of drug-likeness (QED) is 0.386. The highest BCUT2D eigenvalue weighted by Crippen LogP contribution is 2.29. The van der Waals surface area contributed by atoms with Crippen molar-refractivity contribution in [3.05, 3.63) is 29.8 Å². The Labute approximate surface area is 197 Å². The first kappa shape index (κ1) is 25.9. The Morgan fingerprint density at radius 2 is 1.85 bits per heavy atom.